The standard InChI is InChI=1S/C15H14ClFO2/c16-14-2-1-3-15(17)13(14)7-10-4-5-11(8-18)12(6-10)9-19/h1-6,18-19H,7-9H2. The summed E-state index contributed by atoms with van der Waals surface area (Å²) in [7, 11) is 0. The Balaban J connectivity index is 2.33. The molecule has 2 aromatic rings. The van der Waals surface area contributed by atoms with Gasteiger partial charge in [-0.3, -0.25) is 0 Å². The van der Waals surface area contributed by atoms with Crippen molar-refractivity contribution in [3.8, 4) is 0 Å². The van der Waals surface area contributed by atoms with E-state index >= 15 is 0 Å². The van der Waals surface area contributed by atoms with Crippen molar-refractivity contribution in [2.75, 3.05) is 0 Å². The molecule has 0 amide bonds. The van der Waals surface area contributed by atoms with Gasteiger partial charge in [0, 0.05) is 17.0 Å². The van der Waals surface area contributed by atoms with Gasteiger partial charge in [0.15, 0.2) is 0 Å². The average Bonchev–Trinajstić information content (AvgIpc) is 2.42. The van der Waals surface area contributed by atoms with Gasteiger partial charge < -0.3 is 10.2 Å². The van der Waals surface area contributed by atoms with Crippen LogP contribution in [0.2, 0.25) is 5.02 Å². The Morgan fingerprint density at radius 1 is 1.00 bits per heavy atom. The Kier molecular flexibility index (Phi) is 4.53. The molecule has 0 aliphatic carbocycles. The zero-order chi connectivity index (χ0) is 13.8. The Bertz CT molecular complexity index is 564. The average molecular weight is 281 g/mol. The van der Waals surface area contributed by atoms with Crippen molar-refractivity contribution in [3.05, 3.63) is 69.5 Å². The molecule has 0 aliphatic heterocycles. The third kappa shape index (κ3) is 3.13. The topological polar surface area (TPSA) is 40.5 Å². The van der Waals surface area contributed by atoms with E-state index in [1.54, 1.807) is 30.3 Å². The fraction of sp³-hybridized carbons (Fsp3) is 0.200. The van der Waals surface area contributed by atoms with Crippen LogP contribution >= 0.6 is 11.6 Å². The molecule has 2 N–H and O–H groups in total. The van der Waals surface area contributed by atoms with Crippen LogP contribution in [0.15, 0.2) is 36.4 Å². The minimum atomic E-state index is -0.343. The number of benzene rings is 2. The fourth-order valence-electron chi connectivity index (χ4n) is 2.00. The van der Waals surface area contributed by atoms with E-state index in [1.165, 1.54) is 6.07 Å². The van der Waals surface area contributed by atoms with Crippen molar-refractivity contribution in [1.29, 1.82) is 0 Å². The summed E-state index contributed by atoms with van der Waals surface area (Å²) in [5.74, 6) is -0.343. The molecule has 4 heteroatoms. The molecule has 0 bridgehead atoms. The van der Waals surface area contributed by atoms with E-state index in [4.69, 9.17) is 16.7 Å². The molecule has 0 aliphatic rings. The highest BCUT2D eigenvalue weighted by Gasteiger charge is 2.09. The van der Waals surface area contributed by atoms with Crippen LogP contribution in [-0.4, -0.2) is 10.2 Å². The quantitative estimate of drug-likeness (QED) is 0.904. The normalized spacial score (nSPS) is 10.7. The van der Waals surface area contributed by atoms with Crippen molar-refractivity contribution >= 4 is 11.6 Å². The highest BCUT2D eigenvalue weighted by atomic mass is 35.5. The maximum atomic E-state index is 13.7. The fourth-order valence-corrected chi connectivity index (χ4v) is 2.23. The van der Waals surface area contributed by atoms with Crippen LogP contribution in [0.25, 0.3) is 0 Å². The number of halogens is 2. The van der Waals surface area contributed by atoms with Gasteiger partial charge in [0.05, 0.1) is 13.2 Å². The SMILES string of the molecule is OCc1ccc(Cc2c(F)cccc2Cl)cc1CO. The zero-order valence-corrected chi connectivity index (χ0v) is 11.0. The van der Waals surface area contributed by atoms with Gasteiger partial charge in [-0.1, -0.05) is 35.9 Å². The number of aliphatic hydroxyl groups is 2. The summed E-state index contributed by atoms with van der Waals surface area (Å²) in [4.78, 5) is 0. The van der Waals surface area contributed by atoms with E-state index in [2.05, 4.69) is 0 Å². The first-order valence-corrected chi connectivity index (χ1v) is 6.28. The molecule has 2 aromatic carbocycles. The van der Waals surface area contributed by atoms with Gasteiger partial charge in [0.1, 0.15) is 5.82 Å². The van der Waals surface area contributed by atoms with Crippen LogP contribution < -0.4 is 0 Å². The lowest BCUT2D eigenvalue weighted by atomic mass is 9.99. The third-order valence-electron chi connectivity index (χ3n) is 3.05. The van der Waals surface area contributed by atoms with E-state index in [9.17, 15) is 9.50 Å². The Labute approximate surface area is 116 Å². The smallest absolute Gasteiger partial charge is 0.128 e. The summed E-state index contributed by atoms with van der Waals surface area (Å²) in [6.07, 6.45) is 0.351. The maximum absolute atomic E-state index is 13.7. The van der Waals surface area contributed by atoms with Crippen LogP contribution in [0.3, 0.4) is 0 Å². The minimum absolute atomic E-state index is 0.128. The van der Waals surface area contributed by atoms with E-state index in [1.807, 2.05) is 0 Å². The predicted octanol–water partition coefficient (Wildman–Crippen LogP) is 3.05. The second-order valence-corrected chi connectivity index (χ2v) is 4.70. The monoisotopic (exact) mass is 280 g/mol. The van der Waals surface area contributed by atoms with Gasteiger partial charge in [-0.25, -0.2) is 4.39 Å². The van der Waals surface area contributed by atoms with Crippen molar-refractivity contribution in [2.24, 2.45) is 0 Å². The molecule has 0 radical (unpaired) electrons. The largest absolute Gasteiger partial charge is 0.392 e. The van der Waals surface area contributed by atoms with Crippen molar-refractivity contribution in [2.45, 2.75) is 19.6 Å². The molecule has 2 nitrogen and oxygen atoms in total. The van der Waals surface area contributed by atoms with Crippen molar-refractivity contribution in [3.63, 3.8) is 0 Å². The second-order valence-electron chi connectivity index (χ2n) is 4.30. The number of hydrogen-bond donors (Lipinski definition) is 2. The first kappa shape index (κ1) is 14.0. The van der Waals surface area contributed by atoms with Gasteiger partial charge in [-0.15, -0.1) is 0 Å². The highest BCUT2D eigenvalue weighted by Crippen LogP contribution is 2.23. The molecule has 0 aromatic heterocycles. The minimum Gasteiger partial charge on any atom is -0.392 e. The van der Waals surface area contributed by atoms with E-state index < -0.39 is 0 Å². The molecular formula is C15H14ClFO2. The van der Waals surface area contributed by atoms with Crippen LogP contribution in [0.4, 0.5) is 4.39 Å². The predicted molar refractivity (Wildman–Crippen MR) is 72.5 cm³/mol. The summed E-state index contributed by atoms with van der Waals surface area (Å²) in [5.41, 5.74) is 2.59. The summed E-state index contributed by atoms with van der Waals surface area (Å²) in [6.45, 7) is -0.286. The van der Waals surface area contributed by atoms with Crippen LogP contribution in [0, 0.1) is 5.82 Å². The first-order valence-electron chi connectivity index (χ1n) is 5.91. The number of rotatable bonds is 4. The van der Waals surface area contributed by atoms with Gasteiger partial charge in [-0.2, -0.15) is 0 Å². The molecule has 0 heterocycles. The molecule has 0 atom stereocenters. The van der Waals surface area contributed by atoms with Gasteiger partial charge in [0.25, 0.3) is 0 Å². The lowest BCUT2D eigenvalue weighted by Crippen LogP contribution is -1.99. The van der Waals surface area contributed by atoms with E-state index in [0.717, 1.165) is 5.56 Å². The van der Waals surface area contributed by atoms with Crippen molar-refractivity contribution in [1.82, 2.24) is 0 Å². The Morgan fingerprint density at radius 3 is 2.37 bits per heavy atom. The zero-order valence-electron chi connectivity index (χ0n) is 10.2. The van der Waals surface area contributed by atoms with Gasteiger partial charge in [-0.05, 0) is 28.8 Å². The lowest BCUT2D eigenvalue weighted by molar-refractivity contribution is 0.260. The maximum Gasteiger partial charge on any atom is 0.128 e. The highest BCUT2D eigenvalue weighted by molar-refractivity contribution is 6.31. The lowest BCUT2D eigenvalue weighted by Gasteiger charge is -2.10. The molecule has 0 fully saturated rings. The molecular weight excluding hydrogens is 267 g/mol. The van der Waals surface area contributed by atoms with Crippen LogP contribution in [-0.2, 0) is 19.6 Å². The number of aliphatic hydroxyl groups excluding tert-OH is 2. The van der Waals surface area contributed by atoms with Gasteiger partial charge in [0.2, 0.25) is 0 Å². The second kappa shape index (κ2) is 6.15. The molecule has 0 spiro atoms. The molecule has 0 unspecified atom stereocenters. The Hall–Kier alpha value is -1.42. The molecule has 2 rings (SSSR count). The van der Waals surface area contributed by atoms with Crippen molar-refractivity contribution < 1.29 is 14.6 Å². The van der Waals surface area contributed by atoms with E-state index in [0.29, 0.717) is 28.1 Å². The molecule has 0 saturated heterocycles. The molecule has 100 valence electrons. The molecule has 19 heavy (non-hydrogen) atoms. The van der Waals surface area contributed by atoms with Crippen LogP contribution in [0.1, 0.15) is 22.3 Å². The van der Waals surface area contributed by atoms with Crippen LogP contribution in [0.5, 0.6) is 0 Å². The summed E-state index contributed by atoms with van der Waals surface area (Å²) in [6, 6.07) is 9.87. The third-order valence-corrected chi connectivity index (χ3v) is 3.41. The molecule has 0 saturated carbocycles. The Morgan fingerprint density at radius 2 is 1.74 bits per heavy atom. The van der Waals surface area contributed by atoms with E-state index in [-0.39, 0.29) is 19.0 Å². The summed E-state index contributed by atoms with van der Waals surface area (Å²) in [5, 5.41) is 18.8. The summed E-state index contributed by atoms with van der Waals surface area (Å²) < 4.78 is 13.7. The van der Waals surface area contributed by atoms with Gasteiger partial charge >= 0.3 is 0 Å². The number of hydrogen-bond acceptors (Lipinski definition) is 2. The summed E-state index contributed by atoms with van der Waals surface area (Å²) >= 11 is 5.98. The first-order chi connectivity index (χ1) is 9.15.